The quantitative estimate of drug-likeness (QED) is 0.867. The molecule has 2 aromatic rings. The van der Waals surface area contributed by atoms with Gasteiger partial charge in [-0.25, -0.2) is 12.8 Å². The lowest BCUT2D eigenvalue weighted by Gasteiger charge is -2.22. The summed E-state index contributed by atoms with van der Waals surface area (Å²) in [6, 6.07) is 7.04. The SMILES string of the molecule is Cc1cc(C2CCCN2S(=O)(=O)Cc2ccc(F)cc2)no1. The topological polar surface area (TPSA) is 63.4 Å². The first-order chi connectivity index (χ1) is 10.5. The van der Waals surface area contributed by atoms with Gasteiger partial charge in [0, 0.05) is 12.6 Å². The molecule has 2 heterocycles. The molecule has 1 atom stereocenters. The lowest BCUT2D eigenvalue weighted by atomic mass is 10.1. The molecule has 5 nitrogen and oxygen atoms in total. The molecule has 7 heteroatoms. The number of hydrogen-bond donors (Lipinski definition) is 0. The Kier molecular flexibility index (Phi) is 4.01. The second kappa shape index (κ2) is 5.81. The Morgan fingerprint density at radius 1 is 1.36 bits per heavy atom. The van der Waals surface area contributed by atoms with E-state index in [4.69, 9.17) is 4.52 Å². The Morgan fingerprint density at radius 3 is 2.73 bits per heavy atom. The molecule has 0 amide bonds. The molecule has 1 saturated heterocycles. The lowest BCUT2D eigenvalue weighted by molar-refractivity contribution is 0.349. The highest BCUT2D eigenvalue weighted by Gasteiger charge is 2.36. The fourth-order valence-corrected chi connectivity index (χ4v) is 4.57. The maximum atomic E-state index is 12.9. The molecule has 0 N–H and O–H groups in total. The normalized spacial score (nSPS) is 19.6. The first-order valence-electron chi connectivity index (χ1n) is 7.13. The number of aryl methyl sites for hydroxylation is 1. The summed E-state index contributed by atoms with van der Waals surface area (Å²) >= 11 is 0. The molecule has 118 valence electrons. The maximum Gasteiger partial charge on any atom is 0.218 e. The summed E-state index contributed by atoms with van der Waals surface area (Å²) in [4.78, 5) is 0. The van der Waals surface area contributed by atoms with Crippen LogP contribution in [0.2, 0.25) is 0 Å². The number of sulfonamides is 1. The zero-order valence-corrected chi connectivity index (χ0v) is 13.0. The van der Waals surface area contributed by atoms with Crippen LogP contribution in [0.25, 0.3) is 0 Å². The van der Waals surface area contributed by atoms with Crippen LogP contribution in [0.5, 0.6) is 0 Å². The maximum absolute atomic E-state index is 12.9. The highest BCUT2D eigenvalue weighted by Crippen LogP contribution is 2.34. The Morgan fingerprint density at radius 2 is 2.09 bits per heavy atom. The van der Waals surface area contributed by atoms with Crippen molar-refractivity contribution in [2.75, 3.05) is 6.54 Å². The van der Waals surface area contributed by atoms with Crippen LogP contribution in [0.3, 0.4) is 0 Å². The predicted octanol–water partition coefficient (Wildman–Crippen LogP) is 2.79. The summed E-state index contributed by atoms with van der Waals surface area (Å²) < 4.78 is 44.8. The minimum Gasteiger partial charge on any atom is -0.361 e. The molecule has 22 heavy (non-hydrogen) atoms. The Labute approximate surface area is 128 Å². The standard InChI is InChI=1S/C15H17FN2O3S/c1-11-9-14(17-21-11)15-3-2-8-18(15)22(19,20)10-12-4-6-13(16)7-5-12/h4-7,9,15H,2-3,8,10H2,1H3. The molecule has 1 aliphatic heterocycles. The van der Waals surface area contributed by atoms with Gasteiger partial charge in [-0.2, -0.15) is 4.31 Å². The summed E-state index contributed by atoms with van der Waals surface area (Å²) in [7, 11) is -3.48. The molecule has 1 fully saturated rings. The van der Waals surface area contributed by atoms with E-state index in [9.17, 15) is 12.8 Å². The van der Waals surface area contributed by atoms with Crippen LogP contribution >= 0.6 is 0 Å². The summed E-state index contributed by atoms with van der Waals surface area (Å²) in [6.45, 7) is 2.25. The Bertz CT molecular complexity index is 755. The van der Waals surface area contributed by atoms with Crippen molar-refractivity contribution in [3.63, 3.8) is 0 Å². The third-order valence-corrected chi connectivity index (χ3v) is 5.66. The number of nitrogens with zero attached hydrogens (tertiary/aromatic N) is 2. The van der Waals surface area contributed by atoms with Gasteiger partial charge in [-0.05, 0) is 37.5 Å². The van der Waals surface area contributed by atoms with Gasteiger partial charge in [0.2, 0.25) is 10.0 Å². The van der Waals surface area contributed by atoms with Gasteiger partial charge in [-0.3, -0.25) is 0 Å². The fourth-order valence-electron chi connectivity index (χ4n) is 2.79. The molecular weight excluding hydrogens is 307 g/mol. The van der Waals surface area contributed by atoms with Crippen molar-refractivity contribution in [2.45, 2.75) is 31.6 Å². The third kappa shape index (κ3) is 3.05. The number of benzene rings is 1. The molecule has 0 radical (unpaired) electrons. The summed E-state index contributed by atoms with van der Waals surface area (Å²) in [5.41, 5.74) is 1.22. The molecule has 0 saturated carbocycles. The molecule has 0 aliphatic carbocycles. The first kappa shape index (κ1) is 15.2. The molecule has 0 spiro atoms. The average molecular weight is 324 g/mol. The average Bonchev–Trinajstić information content (AvgIpc) is 3.09. The van der Waals surface area contributed by atoms with Gasteiger partial charge in [0.15, 0.2) is 0 Å². The van der Waals surface area contributed by atoms with E-state index < -0.39 is 10.0 Å². The number of rotatable bonds is 4. The van der Waals surface area contributed by atoms with E-state index in [1.807, 2.05) is 0 Å². The summed E-state index contributed by atoms with van der Waals surface area (Å²) in [5.74, 6) is 0.150. The largest absolute Gasteiger partial charge is 0.361 e. The second-order valence-corrected chi connectivity index (χ2v) is 7.44. The van der Waals surface area contributed by atoms with Crippen LogP contribution in [-0.2, 0) is 15.8 Å². The Balaban J connectivity index is 1.82. The summed E-state index contributed by atoms with van der Waals surface area (Å²) in [6.07, 6.45) is 1.52. The molecule has 1 unspecified atom stereocenters. The van der Waals surface area contributed by atoms with Gasteiger partial charge in [0.25, 0.3) is 0 Å². The Hall–Kier alpha value is -1.73. The molecular formula is C15H17FN2O3S. The van der Waals surface area contributed by atoms with E-state index in [0.717, 1.165) is 12.8 Å². The van der Waals surface area contributed by atoms with Gasteiger partial charge in [0.1, 0.15) is 17.3 Å². The number of hydrogen-bond acceptors (Lipinski definition) is 4. The van der Waals surface area contributed by atoms with E-state index in [-0.39, 0.29) is 17.6 Å². The molecule has 0 bridgehead atoms. The van der Waals surface area contributed by atoms with E-state index in [0.29, 0.717) is 23.6 Å². The monoisotopic (exact) mass is 324 g/mol. The minimum absolute atomic E-state index is 0.138. The highest BCUT2D eigenvalue weighted by molar-refractivity contribution is 7.88. The van der Waals surface area contributed by atoms with E-state index in [2.05, 4.69) is 5.16 Å². The first-order valence-corrected chi connectivity index (χ1v) is 8.74. The summed E-state index contributed by atoms with van der Waals surface area (Å²) in [5, 5.41) is 3.95. The van der Waals surface area contributed by atoms with Crippen LogP contribution in [-0.4, -0.2) is 24.4 Å². The zero-order valence-electron chi connectivity index (χ0n) is 12.2. The lowest BCUT2D eigenvalue weighted by Crippen LogP contribution is -2.31. The van der Waals surface area contributed by atoms with Gasteiger partial charge in [0.05, 0.1) is 11.8 Å². The van der Waals surface area contributed by atoms with Gasteiger partial charge < -0.3 is 4.52 Å². The molecule has 1 aromatic heterocycles. The van der Waals surface area contributed by atoms with Crippen molar-refractivity contribution < 1.29 is 17.3 Å². The number of halogens is 1. The van der Waals surface area contributed by atoms with Crippen molar-refractivity contribution in [3.8, 4) is 0 Å². The predicted molar refractivity (Wildman–Crippen MR) is 78.9 cm³/mol. The van der Waals surface area contributed by atoms with E-state index in [1.165, 1.54) is 28.6 Å². The third-order valence-electron chi connectivity index (χ3n) is 3.81. The molecule has 1 aromatic carbocycles. The fraction of sp³-hybridized carbons (Fsp3) is 0.400. The van der Waals surface area contributed by atoms with Crippen LogP contribution in [0.1, 0.15) is 35.9 Å². The van der Waals surface area contributed by atoms with Crippen LogP contribution in [0, 0.1) is 12.7 Å². The van der Waals surface area contributed by atoms with Crippen molar-refractivity contribution in [1.82, 2.24) is 9.46 Å². The van der Waals surface area contributed by atoms with Crippen molar-refractivity contribution in [3.05, 3.63) is 53.2 Å². The molecule has 3 rings (SSSR count). The minimum atomic E-state index is -3.48. The van der Waals surface area contributed by atoms with Crippen LogP contribution in [0.15, 0.2) is 34.9 Å². The van der Waals surface area contributed by atoms with Crippen molar-refractivity contribution >= 4 is 10.0 Å². The van der Waals surface area contributed by atoms with Crippen LogP contribution in [0.4, 0.5) is 4.39 Å². The van der Waals surface area contributed by atoms with Crippen LogP contribution < -0.4 is 0 Å². The van der Waals surface area contributed by atoms with Gasteiger partial charge >= 0.3 is 0 Å². The molecule has 1 aliphatic rings. The van der Waals surface area contributed by atoms with Crippen molar-refractivity contribution in [2.24, 2.45) is 0 Å². The van der Waals surface area contributed by atoms with E-state index >= 15 is 0 Å². The van der Waals surface area contributed by atoms with Crippen molar-refractivity contribution in [1.29, 1.82) is 0 Å². The second-order valence-electron chi connectivity index (χ2n) is 5.51. The zero-order chi connectivity index (χ0) is 15.7. The highest BCUT2D eigenvalue weighted by atomic mass is 32.2. The number of aromatic nitrogens is 1. The van der Waals surface area contributed by atoms with E-state index in [1.54, 1.807) is 13.0 Å². The van der Waals surface area contributed by atoms with Gasteiger partial charge in [-0.1, -0.05) is 17.3 Å². The smallest absolute Gasteiger partial charge is 0.218 e. The van der Waals surface area contributed by atoms with Gasteiger partial charge in [-0.15, -0.1) is 0 Å².